The molecule has 0 saturated carbocycles. The fourth-order valence-electron chi connectivity index (χ4n) is 3.69. The van der Waals surface area contributed by atoms with Crippen molar-refractivity contribution in [3.63, 3.8) is 0 Å². The summed E-state index contributed by atoms with van der Waals surface area (Å²) in [4.78, 5) is 14.7. The lowest BCUT2D eigenvalue weighted by Gasteiger charge is -2.37. The van der Waals surface area contributed by atoms with Gasteiger partial charge in [0.15, 0.2) is 5.82 Å². The predicted octanol–water partition coefficient (Wildman–Crippen LogP) is 1.80. The molecular formula is C16H27N5O. The average Bonchev–Trinajstić information content (AvgIpc) is 2.98. The lowest BCUT2D eigenvalue weighted by Crippen LogP contribution is -2.48. The number of rotatable bonds is 4. The Morgan fingerprint density at radius 2 is 2.09 bits per heavy atom. The molecule has 2 atom stereocenters. The van der Waals surface area contributed by atoms with E-state index in [1.165, 1.54) is 12.8 Å². The average molecular weight is 305 g/mol. The Kier molecular flexibility index (Phi) is 4.76. The van der Waals surface area contributed by atoms with Crippen molar-refractivity contribution >= 4 is 5.91 Å². The van der Waals surface area contributed by atoms with E-state index in [1.807, 2.05) is 4.90 Å². The van der Waals surface area contributed by atoms with Crippen LogP contribution in [-0.4, -0.2) is 38.2 Å². The predicted molar refractivity (Wildman–Crippen MR) is 84.1 cm³/mol. The maximum atomic E-state index is 12.7. The molecule has 1 amide bonds. The Hall–Kier alpha value is -1.43. The molecule has 0 aromatic carbocycles. The molecule has 0 bridgehead atoms. The zero-order valence-corrected chi connectivity index (χ0v) is 13.5. The van der Waals surface area contributed by atoms with E-state index in [0.717, 1.165) is 63.3 Å². The van der Waals surface area contributed by atoms with Gasteiger partial charge in [-0.25, -0.2) is 0 Å². The highest BCUT2D eigenvalue weighted by Gasteiger charge is 2.34. The van der Waals surface area contributed by atoms with E-state index in [4.69, 9.17) is 5.73 Å². The summed E-state index contributed by atoms with van der Waals surface area (Å²) < 4.78 is 2.24. The van der Waals surface area contributed by atoms with Crippen molar-refractivity contribution in [2.75, 3.05) is 6.54 Å². The zero-order valence-electron chi connectivity index (χ0n) is 13.5. The fraction of sp³-hybridized carbons (Fsp3) is 0.812. The molecule has 3 rings (SSSR count). The highest BCUT2D eigenvalue weighted by atomic mass is 16.2. The summed E-state index contributed by atoms with van der Waals surface area (Å²) in [6.45, 7) is 3.84. The van der Waals surface area contributed by atoms with Gasteiger partial charge in [0.05, 0.1) is 12.1 Å². The van der Waals surface area contributed by atoms with Gasteiger partial charge in [-0.1, -0.05) is 13.3 Å². The van der Waals surface area contributed by atoms with Crippen molar-refractivity contribution in [2.24, 2.45) is 5.73 Å². The zero-order chi connectivity index (χ0) is 15.5. The van der Waals surface area contributed by atoms with E-state index in [1.54, 1.807) is 0 Å². The standard InChI is InChI=1S/C16H27N5O/c1-2-7-12(17)16(22)20-10-5-3-8-13(20)15-19-18-14-9-4-6-11-21(14)15/h12-13H,2-11,17H2,1H3. The Morgan fingerprint density at radius 1 is 1.27 bits per heavy atom. The van der Waals surface area contributed by atoms with Gasteiger partial charge in [0.2, 0.25) is 5.91 Å². The smallest absolute Gasteiger partial charge is 0.240 e. The molecule has 22 heavy (non-hydrogen) atoms. The number of aromatic nitrogens is 3. The third-order valence-corrected chi connectivity index (χ3v) is 4.89. The third kappa shape index (κ3) is 2.89. The van der Waals surface area contributed by atoms with Crippen LogP contribution in [0.3, 0.4) is 0 Å². The van der Waals surface area contributed by atoms with Crippen LogP contribution in [0.25, 0.3) is 0 Å². The van der Waals surface area contributed by atoms with Crippen LogP contribution < -0.4 is 5.73 Å². The summed E-state index contributed by atoms with van der Waals surface area (Å²) >= 11 is 0. The van der Waals surface area contributed by atoms with Crippen LogP contribution in [0.2, 0.25) is 0 Å². The lowest BCUT2D eigenvalue weighted by molar-refractivity contribution is -0.137. The summed E-state index contributed by atoms with van der Waals surface area (Å²) in [6, 6.07) is -0.321. The number of nitrogens with two attached hydrogens (primary N) is 1. The fourth-order valence-corrected chi connectivity index (χ4v) is 3.69. The largest absolute Gasteiger partial charge is 0.331 e. The number of piperidine rings is 1. The van der Waals surface area contributed by atoms with Crippen molar-refractivity contribution in [3.8, 4) is 0 Å². The monoisotopic (exact) mass is 305 g/mol. The van der Waals surface area contributed by atoms with E-state index in [9.17, 15) is 4.79 Å². The normalized spacial score (nSPS) is 23.2. The molecule has 2 unspecified atom stereocenters. The van der Waals surface area contributed by atoms with Gasteiger partial charge in [0.1, 0.15) is 5.82 Å². The molecule has 6 heteroatoms. The minimum Gasteiger partial charge on any atom is -0.331 e. The van der Waals surface area contributed by atoms with Crippen LogP contribution >= 0.6 is 0 Å². The van der Waals surface area contributed by atoms with Gasteiger partial charge in [-0.15, -0.1) is 10.2 Å². The van der Waals surface area contributed by atoms with E-state index in [-0.39, 0.29) is 18.0 Å². The molecule has 1 aromatic heterocycles. The van der Waals surface area contributed by atoms with E-state index in [0.29, 0.717) is 0 Å². The van der Waals surface area contributed by atoms with Crippen molar-refractivity contribution in [2.45, 2.75) is 76.9 Å². The second-order valence-electron chi connectivity index (χ2n) is 6.52. The van der Waals surface area contributed by atoms with Crippen molar-refractivity contribution < 1.29 is 4.79 Å². The number of hydrogen-bond acceptors (Lipinski definition) is 4. The minimum absolute atomic E-state index is 0.0588. The topological polar surface area (TPSA) is 77.0 Å². The lowest BCUT2D eigenvalue weighted by atomic mass is 9.99. The minimum atomic E-state index is -0.380. The summed E-state index contributed by atoms with van der Waals surface area (Å²) in [6.07, 6.45) is 8.22. The van der Waals surface area contributed by atoms with Gasteiger partial charge in [-0.3, -0.25) is 4.79 Å². The third-order valence-electron chi connectivity index (χ3n) is 4.89. The second kappa shape index (κ2) is 6.77. The summed E-state index contributed by atoms with van der Waals surface area (Å²) in [5.74, 6) is 2.14. The second-order valence-corrected chi connectivity index (χ2v) is 6.52. The Morgan fingerprint density at radius 3 is 2.91 bits per heavy atom. The molecule has 0 radical (unpaired) electrons. The number of fused-ring (bicyclic) bond motifs is 1. The van der Waals surface area contributed by atoms with Gasteiger partial charge in [-0.05, 0) is 38.5 Å². The Bertz CT molecular complexity index is 527. The van der Waals surface area contributed by atoms with Gasteiger partial charge in [0.25, 0.3) is 0 Å². The maximum absolute atomic E-state index is 12.7. The van der Waals surface area contributed by atoms with Crippen LogP contribution in [0.15, 0.2) is 0 Å². The first-order valence-electron chi connectivity index (χ1n) is 8.70. The van der Waals surface area contributed by atoms with Crippen molar-refractivity contribution in [3.05, 3.63) is 11.6 Å². The molecule has 3 heterocycles. The Labute approximate surface area is 132 Å². The SMILES string of the molecule is CCCC(N)C(=O)N1CCCCC1c1nnc2n1CCCC2. The Balaban J connectivity index is 1.83. The number of aryl methyl sites for hydroxylation is 1. The molecule has 0 aliphatic carbocycles. The van der Waals surface area contributed by atoms with E-state index >= 15 is 0 Å². The van der Waals surface area contributed by atoms with Crippen LogP contribution in [-0.2, 0) is 17.8 Å². The number of carbonyl (C=O) groups excluding carboxylic acids is 1. The number of nitrogens with zero attached hydrogens (tertiary/aromatic N) is 4. The van der Waals surface area contributed by atoms with Crippen LogP contribution in [0.4, 0.5) is 0 Å². The molecule has 0 spiro atoms. The number of hydrogen-bond donors (Lipinski definition) is 1. The van der Waals surface area contributed by atoms with Gasteiger partial charge in [-0.2, -0.15) is 0 Å². The summed E-state index contributed by atoms with van der Waals surface area (Å²) in [5, 5.41) is 8.79. The molecule has 2 aliphatic rings. The first kappa shape index (κ1) is 15.5. The molecule has 1 saturated heterocycles. The number of amides is 1. The van der Waals surface area contributed by atoms with Gasteiger partial charge in [0, 0.05) is 19.5 Å². The van der Waals surface area contributed by atoms with E-state index < -0.39 is 0 Å². The summed E-state index contributed by atoms with van der Waals surface area (Å²) in [5.41, 5.74) is 6.08. The molecule has 1 aromatic rings. The highest BCUT2D eigenvalue weighted by molar-refractivity contribution is 5.82. The van der Waals surface area contributed by atoms with Gasteiger partial charge >= 0.3 is 0 Å². The van der Waals surface area contributed by atoms with Gasteiger partial charge < -0.3 is 15.2 Å². The number of carbonyl (C=O) groups is 1. The molecular weight excluding hydrogens is 278 g/mol. The van der Waals surface area contributed by atoms with Crippen molar-refractivity contribution in [1.82, 2.24) is 19.7 Å². The first-order valence-corrected chi connectivity index (χ1v) is 8.70. The number of likely N-dealkylation sites (tertiary alicyclic amines) is 1. The highest BCUT2D eigenvalue weighted by Crippen LogP contribution is 2.32. The van der Waals surface area contributed by atoms with E-state index in [2.05, 4.69) is 21.7 Å². The van der Waals surface area contributed by atoms with Crippen LogP contribution in [0, 0.1) is 0 Å². The molecule has 6 nitrogen and oxygen atoms in total. The molecule has 2 N–H and O–H groups in total. The maximum Gasteiger partial charge on any atom is 0.240 e. The van der Waals surface area contributed by atoms with Crippen molar-refractivity contribution in [1.29, 1.82) is 0 Å². The van der Waals surface area contributed by atoms with Crippen LogP contribution in [0.1, 0.15) is 69.6 Å². The molecule has 1 fully saturated rings. The molecule has 2 aliphatic heterocycles. The first-order chi connectivity index (χ1) is 10.7. The van der Waals surface area contributed by atoms with Crippen LogP contribution in [0.5, 0.6) is 0 Å². The summed E-state index contributed by atoms with van der Waals surface area (Å²) in [7, 11) is 0. The molecule has 122 valence electrons. The quantitative estimate of drug-likeness (QED) is 0.920.